The fourth-order valence-electron chi connectivity index (χ4n) is 2.89. The molecule has 0 saturated carbocycles. The van der Waals surface area contributed by atoms with Gasteiger partial charge < -0.3 is 15.1 Å². The van der Waals surface area contributed by atoms with Gasteiger partial charge in [-0.25, -0.2) is 4.39 Å². The minimum Gasteiger partial charge on any atom is -0.505 e. The van der Waals surface area contributed by atoms with Crippen LogP contribution in [0.3, 0.4) is 0 Å². The highest BCUT2D eigenvalue weighted by molar-refractivity contribution is 5.94. The van der Waals surface area contributed by atoms with E-state index in [1.807, 2.05) is 13.0 Å². The molecular formula is C16H18FN3O3. The molecule has 2 aromatic rings. The van der Waals surface area contributed by atoms with Gasteiger partial charge in [0.1, 0.15) is 0 Å². The predicted octanol–water partition coefficient (Wildman–Crippen LogP) is 1.24. The monoisotopic (exact) mass is 319 g/mol. The first-order chi connectivity index (χ1) is 10.9. The Labute approximate surface area is 132 Å². The maximum atomic E-state index is 13.4. The molecule has 1 aromatic carbocycles. The number of phenols is 1. The van der Waals surface area contributed by atoms with Gasteiger partial charge in [-0.15, -0.1) is 0 Å². The van der Waals surface area contributed by atoms with Crippen LogP contribution in [0.5, 0.6) is 5.75 Å². The van der Waals surface area contributed by atoms with E-state index in [0.29, 0.717) is 13.0 Å². The molecule has 23 heavy (non-hydrogen) atoms. The van der Waals surface area contributed by atoms with Crippen molar-refractivity contribution in [1.82, 2.24) is 15.1 Å². The van der Waals surface area contributed by atoms with Gasteiger partial charge in [0.05, 0.1) is 11.8 Å². The molecule has 3 N–H and O–H groups in total. The Morgan fingerprint density at radius 1 is 1.43 bits per heavy atom. The summed E-state index contributed by atoms with van der Waals surface area (Å²) in [7, 11) is 0. The highest BCUT2D eigenvalue weighted by atomic mass is 19.1. The summed E-state index contributed by atoms with van der Waals surface area (Å²) in [5.41, 5.74) is 1.94. The molecule has 1 saturated heterocycles. The Balaban J connectivity index is 1.69. The van der Waals surface area contributed by atoms with Crippen LogP contribution in [0, 0.1) is 18.7 Å². The zero-order valence-electron chi connectivity index (χ0n) is 12.7. The molecule has 0 bridgehead atoms. The molecule has 6 nitrogen and oxygen atoms in total. The Bertz CT molecular complexity index is 731. The Hall–Kier alpha value is -2.41. The number of carbonyl (C=O) groups is 1. The Morgan fingerprint density at radius 2 is 2.22 bits per heavy atom. The van der Waals surface area contributed by atoms with Crippen LogP contribution in [0.4, 0.5) is 4.39 Å². The van der Waals surface area contributed by atoms with E-state index in [2.05, 4.69) is 10.2 Å². The van der Waals surface area contributed by atoms with Crippen LogP contribution >= 0.6 is 0 Å². The fourth-order valence-corrected chi connectivity index (χ4v) is 2.89. The lowest BCUT2D eigenvalue weighted by Gasteiger charge is -2.16. The van der Waals surface area contributed by atoms with Crippen LogP contribution < -0.4 is 0 Å². The average molecular weight is 319 g/mol. The first kappa shape index (κ1) is 15.5. The highest BCUT2D eigenvalue weighted by Crippen LogP contribution is 2.24. The number of hydrogen-bond donors (Lipinski definition) is 3. The molecule has 0 spiro atoms. The second-order valence-corrected chi connectivity index (χ2v) is 5.95. The number of H-pyrrole nitrogens is 1. The second-order valence-electron chi connectivity index (χ2n) is 5.95. The van der Waals surface area contributed by atoms with E-state index in [1.165, 1.54) is 11.0 Å². The smallest absolute Gasteiger partial charge is 0.254 e. The summed E-state index contributed by atoms with van der Waals surface area (Å²) in [5, 5.41) is 26.4. The molecule has 0 aliphatic carbocycles. The number of aromatic nitrogens is 2. The van der Waals surface area contributed by atoms with Crippen LogP contribution in [-0.4, -0.2) is 50.4 Å². The third-order valence-corrected chi connectivity index (χ3v) is 4.12. The van der Waals surface area contributed by atoms with Gasteiger partial charge in [-0.05, 0) is 37.6 Å². The standard InChI is InChI=1S/C16H18FN3O3/c1-9-4-12(19-18-9)5-11-7-20(8-15(11)22)16(23)10-2-3-14(21)13(17)6-10/h2-4,6,11,15,21-22H,5,7-8H2,1H3,(H,18,19). The predicted molar refractivity (Wildman–Crippen MR) is 80.5 cm³/mol. The first-order valence-electron chi connectivity index (χ1n) is 7.41. The Morgan fingerprint density at radius 3 is 2.87 bits per heavy atom. The number of aryl methyl sites for hydroxylation is 1. The number of β-amino-alcohol motifs (C(OH)–C–C–N with tert-alkyl or cyclic N) is 1. The normalized spacial score (nSPS) is 20.9. The quantitative estimate of drug-likeness (QED) is 0.794. The minimum atomic E-state index is -0.834. The molecular weight excluding hydrogens is 301 g/mol. The summed E-state index contributed by atoms with van der Waals surface area (Å²) < 4.78 is 13.4. The van der Waals surface area contributed by atoms with Crippen molar-refractivity contribution in [1.29, 1.82) is 0 Å². The van der Waals surface area contributed by atoms with Crippen molar-refractivity contribution in [2.45, 2.75) is 19.4 Å². The van der Waals surface area contributed by atoms with Crippen LogP contribution in [0.2, 0.25) is 0 Å². The van der Waals surface area contributed by atoms with Crippen molar-refractivity contribution < 1.29 is 19.4 Å². The number of rotatable bonds is 3. The van der Waals surface area contributed by atoms with Crippen molar-refractivity contribution in [2.24, 2.45) is 5.92 Å². The second kappa shape index (κ2) is 6.00. The van der Waals surface area contributed by atoms with Crippen molar-refractivity contribution in [3.63, 3.8) is 0 Å². The third-order valence-electron chi connectivity index (χ3n) is 4.12. The maximum absolute atomic E-state index is 13.4. The highest BCUT2D eigenvalue weighted by Gasteiger charge is 2.34. The number of aromatic hydroxyl groups is 1. The van der Waals surface area contributed by atoms with Gasteiger partial charge >= 0.3 is 0 Å². The van der Waals surface area contributed by atoms with E-state index in [0.717, 1.165) is 23.5 Å². The van der Waals surface area contributed by atoms with Gasteiger partial charge in [-0.1, -0.05) is 0 Å². The lowest BCUT2D eigenvalue weighted by molar-refractivity contribution is 0.0764. The molecule has 2 heterocycles. The topological polar surface area (TPSA) is 89.5 Å². The molecule has 1 aliphatic heterocycles. The molecule has 122 valence electrons. The summed E-state index contributed by atoms with van der Waals surface area (Å²) in [6.45, 7) is 2.49. The summed E-state index contributed by atoms with van der Waals surface area (Å²) in [6, 6.07) is 5.44. The third kappa shape index (κ3) is 3.19. The van der Waals surface area contributed by atoms with Gasteiger partial charge in [0.2, 0.25) is 0 Å². The summed E-state index contributed by atoms with van der Waals surface area (Å²) in [6.07, 6.45) is -0.0721. The lowest BCUT2D eigenvalue weighted by Crippen LogP contribution is -2.29. The molecule has 1 fully saturated rings. The number of amides is 1. The van der Waals surface area contributed by atoms with Gasteiger partial charge in [-0.2, -0.15) is 5.10 Å². The summed E-state index contributed by atoms with van der Waals surface area (Å²) >= 11 is 0. The molecule has 1 aromatic heterocycles. The van der Waals surface area contributed by atoms with E-state index in [4.69, 9.17) is 0 Å². The van der Waals surface area contributed by atoms with E-state index < -0.39 is 17.7 Å². The van der Waals surface area contributed by atoms with Crippen molar-refractivity contribution in [2.75, 3.05) is 13.1 Å². The molecule has 3 rings (SSSR count). The number of aliphatic hydroxyl groups is 1. The van der Waals surface area contributed by atoms with Crippen LogP contribution in [0.25, 0.3) is 0 Å². The van der Waals surface area contributed by atoms with Crippen LogP contribution in [-0.2, 0) is 6.42 Å². The fraction of sp³-hybridized carbons (Fsp3) is 0.375. The largest absolute Gasteiger partial charge is 0.505 e. The van der Waals surface area contributed by atoms with Gasteiger partial charge in [0.25, 0.3) is 5.91 Å². The number of nitrogens with zero attached hydrogens (tertiary/aromatic N) is 2. The van der Waals surface area contributed by atoms with E-state index in [9.17, 15) is 19.4 Å². The number of aliphatic hydroxyl groups excluding tert-OH is 1. The molecule has 2 unspecified atom stereocenters. The first-order valence-corrected chi connectivity index (χ1v) is 7.41. The van der Waals surface area contributed by atoms with Gasteiger partial charge in [0.15, 0.2) is 11.6 Å². The number of benzene rings is 1. The lowest BCUT2D eigenvalue weighted by atomic mass is 10.0. The van der Waals surface area contributed by atoms with Gasteiger partial charge in [0, 0.05) is 30.3 Å². The Kier molecular flexibility index (Phi) is 4.04. The number of halogens is 1. The number of hydrogen-bond acceptors (Lipinski definition) is 4. The number of aromatic amines is 1. The summed E-state index contributed by atoms with van der Waals surface area (Å²) in [5.74, 6) is -1.79. The molecule has 7 heteroatoms. The zero-order chi connectivity index (χ0) is 16.6. The van der Waals surface area contributed by atoms with E-state index >= 15 is 0 Å². The van der Waals surface area contributed by atoms with Crippen LogP contribution in [0.1, 0.15) is 21.7 Å². The maximum Gasteiger partial charge on any atom is 0.254 e. The number of phenolic OH excluding ortho intramolecular Hbond substituents is 1. The SMILES string of the molecule is Cc1cc(CC2CN(C(=O)c3ccc(O)c(F)c3)CC2O)n[nH]1. The zero-order valence-corrected chi connectivity index (χ0v) is 12.7. The molecule has 1 aliphatic rings. The number of likely N-dealkylation sites (tertiary alicyclic amines) is 1. The molecule has 0 radical (unpaired) electrons. The van der Waals surface area contributed by atoms with E-state index in [1.54, 1.807) is 0 Å². The van der Waals surface area contributed by atoms with E-state index in [-0.39, 0.29) is 23.9 Å². The van der Waals surface area contributed by atoms with Crippen molar-refractivity contribution >= 4 is 5.91 Å². The molecule has 1 amide bonds. The number of carbonyl (C=O) groups excluding carboxylic acids is 1. The van der Waals surface area contributed by atoms with Gasteiger partial charge in [-0.3, -0.25) is 9.89 Å². The van der Waals surface area contributed by atoms with Crippen LogP contribution in [0.15, 0.2) is 24.3 Å². The number of nitrogens with one attached hydrogen (secondary N) is 1. The summed E-state index contributed by atoms with van der Waals surface area (Å²) in [4.78, 5) is 13.9. The van der Waals surface area contributed by atoms with Crippen molar-refractivity contribution in [3.05, 3.63) is 47.0 Å². The minimum absolute atomic E-state index is 0.108. The average Bonchev–Trinajstić information content (AvgIpc) is 3.08. The van der Waals surface area contributed by atoms with Crippen molar-refractivity contribution in [3.8, 4) is 5.75 Å². The molecule has 2 atom stereocenters.